The summed E-state index contributed by atoms with van der Waals surface area (Å²) in [5.74, 6) is -0.852. The van der Waals surface area contributed by atoms with Crippen molar-refractivity contribution in [2.45, 2.75) is 39.3 Å². The Balaban J connectivity index is 1.42. The minimum Gasteiger partial charge on any atom is -0.350 e. The van der Waals surface area contributed by atoms with Gasteiger partial charge in [-0.1, -0.05) is 12.1 Å². The van der Waals surface area contributed by atoms with Crippen LogP contribution in [0.15, 0.2) is 59.5 Å². The molecule has 0 fully saturated rings. The molecule has 33 heavy (non-hydrogen) atoms. The second kappa shape index (κ2) is 9.32. The third-order valence-corrected chi connectivity index (χ3v) is 5.42. The summed E-state index contributed by atoms with van der Waals surface area (Å²) < 4.78 is 29.1. The zero-order valence-corrected chi connectivity index (χ0v) is 18.3. The van der Waals surface area contributed by atoms with Crippen molar-refractivity contribution in [3.05, 3.63) is 88.0 Å². The number of aryl methyl sites for hydroxylation is 2. The van der Waals surface area contributed by atoms with E-state index in [9.17, 15) is 18.4 Å². The zero-order valence-electron chi connectivity index (χ0n) is 18.3. The highest BCUT2D eigenvalue weighted by Crippen LogP contribution is 2.16. The highest BCUT2D eigenvalue weighted by atomic mass is 19.1. The molecule has 0 aliphatic rings. The van der Waals surface area contributed by atoms with Gasteiger partial charge in [-0.3, -0.25) is 9.59 Å². The first-order chi connectivity index (χ1) is 15.8. The van der Waals surface area contributed by atoms with Crippen molar-refractivity contribution in [3.63, 3.8) is 0 Å². The Hall–Kier alpha value is -3.88. The maximum atomic E-state index is 13.2. The molecule has 4 aromatic rings. The van der Waals surface area contributed by atoms with Crippen molar-refractivity contribution in [1.82, 2.24) is 24.9 Å². The molecule has 0 aliphatic carbocycles. The molecule has 170 valence electrons. The van der Waals surface area contributed by atoms with E-state index in [1.807, 2.05) is 6.92 Å². The van der Waals surface area contributed by atoms with Crippen LogP contribution in [0.1, 0.15) is 37.1 Å². The van der Waals surface area contributed by atoms with E-state index in [1.54, 1.807) is 37.4 Å². The van der Waals surface area contributed by atoms with E-state index in [2.05, 4.69) is 15.5 Å². The molecule has 2 aromatic carbocycles. The van der Waals surface area contributed by atoms with Crippen molar-refractivity contribution >= 4 is 16.8 Å². The Labute approximate surface area is 188 Å². The van der Waals surface area contributed by atoms with Crippen molar-refractivity contribution in [2.24, 2.45) is 0 Å². The summed E-state index contributed by atoms with van der Waals surface area (Å²) in [5, 5.41) is 12.2. The number of carbonyl (C=O) groups excluding carboxylic acids is 1. The van der Waals surface area contributed by atoms with Gasteiger partial charge in [0.05, 0.1) is 17.4 Å². The molecule has 4 rings (SSSR count). The maximum absolute atomic E-state index is 13.2. The molecule has 0 spiro atoms. The normalized spacial score (nSPS) is 12.1. The van der Waals surface area contributed by atoms with Crippen molar-refractivity contribution in [1.29, 1.82) is 0 Å². The van der Waals surface area contributed by atoms with E-state index in [4.69, 9.17) is 0 Å². The number of amides is 1. The Bertz CT molecular complexity index is 1340. The van der Waals surface area contributed by atoms with E-state index in [0.29, 0.717) is 23.2 Å². The van der Waals surface area contributed by atoms with Crippen molar-refractivity contribution in [3.8, 4) is 5.69 Å². The third kappa shape index (κ3) is 4.97. The van der Waals surface area contributed by atoms with E-state index in [1.165, 1.54) is 33.6 Å². The number of fused-ring (bicyclic) bond motifs is 1. The molecule has 0 radical (unpaired) electrons. The van der Waals surface area contributed by atoms with Crippen LogP contribution in [0.5, 0.6) is 0 Å². The number of nitrogens with one attached hydrogen (secondary N) is 1. The molecule has 1 atom stereocenters. The second-order valence-corrected chi connectivity index (χ2v) is 7.87. The van der Waals surface area contributed by atoms with Gasteiger partial charge in [0, 0.05) is 24.5 Å². The largest absolute Gasteiger partial charge is 0.350 e. The lowest BCUT2D eigenvalue weighted by Gasteiger charge is -2.14. The monoisotopic (exact) mass is 451 g/mol. The van der Waals surface area contributed by atoms with Gasteiger partial charge in [-0.15, -0.1) is 0 Å². The van der Waals surface area contributed by atoms with Crippen LogP contribution >= 0.6 is 0 Å². The topological polar surface area (TPSA) is 81.8 Å². The predicted octanol–water partition coefficient (Wildman–Crippen LogP) is 3.83. The lowest BCUT2D eigenvalue weighted by atomic mass is 10.1. The lowest BCUT2D eigenvalue weighted by molar-refractivity contribution is -0.121. The average Bonchev–Trinajstić information content (AvgIpc) is 3.24. The maximum Gasteiger partial charge on any atom is 0.295 e. The Morgan fingerprint density at radius 1 is 1.03 bits per heavy atom. The molecule has 9 heteroatoms. The molecular formula is C24H23F2N5O2. The minimum absolute atomic E-state index is 0.168. The number of aromatic nitrogens is 4. The van der Waals surface area contributed by atoms with Crippen molar-refractivity contribution in [2.75, 3.05) is 0 Å². The third-order valence-electron chi connectivity index (χ3n) is 5.42. The van der Waals surface area contributed by atoms with Crippen LogP contribution in [-0.4, -0.2) is 25.5 Å². The van der Waals surface area contributed by atoms with Crippen LogP contribution in [0.4, 0.5) is 8.78 Å². The van der Waals surface area contributed by atoms with Gasteiger partial charge in [-0.05, 0) is 62.2 Å². The second-order valence-electron chi connectivity index (χ2n) is 7.87. The van der Waals surface area contributed by atoms with Crippen LogP contribution in [0.3, 0.4) is 0 Å². The van der Waals surface area contributed by atoms with Gasteiger partial charge in [-0.2, -0.15) is 10.2 Å². The Morgan fingerprint density at radius 2 is 1.67 bits per heavy atom. The summed E-state index contributed by atoms with van der Waals surface area (Å²) in [7, 11) is 0. The molecule has 2 heterocycles. The fraction of sp³-hybridized carbons (Fsp3) is 0.250. The van der Waals surface area contributed by atoms with Crippen LogP contribution in [0, 0.1) is 18.6 Å². The standard InChI is InChI=1S/C24H23F2N5O2/c1-15(17-5-7-18(25)8-6-17)27-22(32)4-3-13-30-24(33)23-21(16(2)28-30)14-31(29-23)20-11-9-19(26)10-12-20/h5-12,14-15H,3-4,13H2,1-2H3,(H,27,32). The predicted molar refractivity (Wildman–Crippen MR) is 120 cm³/mol. The molecule has 0 saturated carbocycles. The lowest BCUT2D eigenvalue weighted by Crippen LogP contribution is -2.28. The van der Waals surface area contributed by atoms with Crippen LogP contribution in [0.2, 0.25) is 0 Å². The summed E-state index contributed by atoms with van der Waals surface area (Å²) in [5.41, 5.74) is 1.98. The van der Waals surface area contributed by atoms with Crippen LogP contribution in [0.25, 0.3) is 16.6 Å². The summed E-state index contributed by atoms with van der Waals surface area (Å²) in [6.45, 7) is 3.87. The average molecular weight is 451 g/mol. The van der Waals surface area contributed by atoms with Crippen LogP contribution < -0.4 is 10.9 Å². The van der Waals surface area contributed by atoms with Gasteiger partial charge in [-0.25, -0.2) is 18.1 Å². The smallest absolute Gasteiger partial charge is 0.295 e. The van der Waals surface area contributed by atoms with Gasteiger partial charge in [0.1, 0.15) is 11.6 Å². The van der Waals surface area contributed by atoms with Gasteiger partial charge in [0.2, 0.25) is 5.91 Å². The summed E-state index contributed by atoms with van der Waals surface area (Å²) in [6, 6.07) is 11.5. The number of carbonyl (C=O) groups is 1. The Morgan fingerprint density at radius 3 is 2.33 bits per heavy atom. The fourth-order valence-electron chi connectivity index (χ4n) is 3.61. The molecule has 0 bridgehead atoms. The van der Waals surface area contributed by atoms with Crippen LogP contribution in [-0.2, 0) is 11.3 Å². The number of nitrogens with zero attached hydrogens (tertiary/aromatic N) is 4. The highest BCUT2D eigenvalue weighted by molar-refractivity contribution is 5.79. The summed E-state index contributed by atoms with van der Waals surface area (Å²) in [4.78, 5) is 25.2. The molecule has 1 unspecified atom stereocenters. The minimum atomic E-state index is -0.355. The Kier molecular flexibility index (Phi) is 6.30. The first-order valence-corrected chi connectivity index (χ1v) is 10.6. The van der Waals surface area contributed by atoms with Gasteiger partial charge in [0.25, 0.3) is 5.56 Å². The molecule has 0 aliphatic heterocycles. The first-order valence-electron chi connectivity index (χ1n) is 10.6. The quantitative estimate of drug-likeness (QED) is 0.463. The van der Waals surface area contributed by atoms with Crippen molar-refractivity contribution < 1.29 is 13.6 Å². The summed E-state index contributed by atoms with van der Waals surface area (Å²) in [6.07, 6.45) is 2.32. The van der Waals surface area contributed by atoms with E-state index in [0.717, 1.165) is 5.56 Å². The number of benzene rings is 2. The number of rotatable bonds is 7. The molecule has 1 N–H and O–H groups in total. The van der Waals surface area contributed by atoms with Gasteiger partial charge < -0.3 is 5.32 Å². The molecule has 7 nitrogen and oxygen atoms in total. The first kappa shape index (κ1) is 22.3. The zero-order chi connectivity index (χ0) is 23.5. The van der Waals surface area contributed by atoms with E-state index >= 15 is 0 Å². The molecule has 2 aromatic heterocycles. The molecular weight excluding hydrogens is 428 g/mol. The number of halogens is 2. The van der Waals surface area contributed by atoms with E-state index < -0.39 is 0 Å². The number of hydrogen-bond acceptors (Lipinski definition) is 4. The SMILES string of the molecule is Cc1nn(CCCC(=O)NC(C)c2ccc(F)cc2)c(=O)c2nn(-c3ccc(F)cc3)cc12. The van der Waals surface area contributed by atoms with Gasteiger partial charge in [0.15, 0.2) is 5.52 Å². The van der Waals surface area contributed by atoms with Gasteiger partial charge >= 0.3 is 0 Å². The summed E-state index contributed by atoms with van der Waals surface area (Å²) >= 11 is 0. The van der Waals surface area contributed by atoms with E-state index in [-0.39, 0.29) is 47.6 Å². The molecule has 1 amide bonds. The fourth-order valence-corrected chi connectivity index (χ4v) is 3.61. The molecule has 0 saturated heterocycles. The number of hydrogen-bond donors (Lipinski definition) is 1. The highest BCUT2D eigenvalue weighted by Gasteiger charge is 2.14.